The fraction of sp³-hybridized carbons (Fsp3) is 0.0588. The van der Waals surface area contributed by atoms with Crippen LogP contribution in [0.25, 0.3) is 5.76 Å². The van der Waals surface area contributed by atoms with Gasteiger partial charge in [0.05, 0.1) is 10.6 Å². The molecule has 1 aliphatic rings. The summed E-state index contributed by atoms with van der Waals surface area (Å²) in [6.45, 7) is 0. The Morgan fingerprint density at radius 1 is 1.13 bits per heavy atom. The Kier molecular flexibility index (Phi) is 4.71. The Balaban J connectivity index is 1.94. The zero-order valence-electron chi connectivity index (χ0n) is 11.7. The maximum atomic E-state index is 12.4. The molecule has 0 radical (unpaired) electrons. The molecule has 0 bridgehead atoms. The number of aromatic nitrogens is 1. The topological polar surface area (TPSA) is 39.2 Å². The highest BCUT2D eigenvalue weighted by Gasteiger charge is 2.19. The average Bonchev–Trinajstić information content (AvgIpc) is 2.66. The third kappa shape index (κ3) is 3.58. The molecule has 2 aromatic rings. The van der Waals surface area contributed by atoms with Crippen molar-refractivity contribution in [3.63, 3.8) is 0 Å². The highest BCUT2D eigenvalue weighted by atomic mass is 35.5. The summed E-state index contributed by atoms with van der Waals surface area (Å²) < 4.78 is 5.48. The molecule has 0 N–H and O–H groups in total. The maximum Gasteiger partial charge on any atom is 0.345 e. The lowest BCUT2D eigenvalue weighted by Gasteiger charge is -2.11. The molecule has 1 heterocycles. The summed E-state index contributed by atoms with van der Waals surface area (Å²) in [5.41, 5.74) is 1.69. The van der Waals surface area contributed by atoms with Crippen molar-refractivity contribution < 1.29 is 9.53 Å². The van der Waals surface area contributed by atoms with Gasteiger partial charge in [0.2, 0.25) is 0 Å². The van der Waals surface area contributed by atoms with Crippen molar-refractivity contribution in [1.82, 2.24) is 4.98 Å². The van der Waals surface area contributed by atoms with E-state index >= 15 is 0 Å². The van der Waals surface area contributed by atoms with E-state index in [1.54, 1.807) is 24.4 Å². The first-order valence-electron chi connectivity index (χ1n) is 6.72. The van der Waals surface area contributed by atoms with Gasteiger partial charge in [-0.25, -0.2) is 4.79 Å². The molecule has 0 unspecified atom stereocenters. The van der Waals surface area contributed by atoms with Crippen LogP contribution in [-0.2, 0) is 11.2 Å². The van der Waals surface area contributed by atoms with Crippen molar-refractivity contribution in [2.24, 2.45) is 0 Å². The third-order valence-corrected chi connectivity index (χ3v) is 4.06. The lowest BCUT2D eigenvalue weighted by atomic mass is 10.1. The average molecular weight is 367 g/mol. The Morgan fingerprint density at radius 3 is 2.74 bits per heavy atom. The van der Waals surface area contributed by atoms with Gasteiger partial charge in [0.15, 0.2) is 5.76 Å². The monoisotopic (exact) mass is 365 g/mol. The molecule has 0 fully saturated rings. The first-order valence-corrected chi connectivity index (χ1v) is 7.86. The number of carbonyl (C=O) groups is 1. The quantitative estimate of drug-likeness (QED) is 0.680. The molecule has 1 aromatic carbocycles. The normalized spacial score (nSPS) is 13.5. The summed E-state index contributed by atoms with van der Waals surface area (Å²) in [4.78, 5) is 16.7. The van der Waals surface area contributed by atoms with Crippen LogP contribution >= 0.6 is 34.8 Å². The van der Waals surface area contributed by atoms with Gasteiger partial charge in [0.1, 0.15) is 5.69 Å². The van der Waals surface area contributed by atoms with Crippen molar-refractivity contribution in [3.05, 3.63) is 80.6 Å². The standard InChI is InChI=1S/C17H10Cl3NO2/c18-11-4-6-15(16-10(8-11)2-1-7-21-16)23-17(22)13-5-3-12(19)9-14(13)20/h1-7,9H,8H2. The van der Waals surface area contributed by atoms with Gasteiger partial charge in [-0.15, -0.1) is 0 Å². The molecule has 1 aromatic heterocycles. The highest BCUT2D eigenvalue weighted by Crippen LogP contribution is 2.28. The number of benzene rings is 1. The summed E-state index contributed by atoms with van der Waals surface area (Å²) in [7, 11) is 0. The van der Waals surface area contributed by atoms with E-state index in [0.717, 1.165) is 5.56 Å². The molecule has 0 aliphatic heterocycles. The second-order valence-electron chi connectivity index (χ2n) is 4.85. The van der Waals surface area contributed by atoms with Gasteiger partial charge in [-0.1, -0.05) is 40.9 Å². The minimum atomic E-state index is -0.582. The Hall–Kier alpha value is -1.81. The molecular weight excluding hydrogens is 357 g/mol. The van der Waals surface area contributed by atoms with Gasteiger partial charge in [-0.3, -0.25) is 4.98 Å². The number of nitrogens with zero attached hydrogens (tertiary/aromatic N) is 1. The number of esters is 1. The van der Waals surface area contributed by atoms with Gasteiger partial charge in [-0.2, -0.15) is 0 Å². The van der Waals surface area contributed by atoms with Crippen molar-refractivity contribution in [1.29, 1.82) is 0 Å². The van der Waals surface area contributed by atoms with Gasteiger partial charge in [0, 0.05) is 22.7 Å². The predicted molar refractivity (Wildman–Crippen MR) is 91.7 cm³/mol. The number of rotatable bonds is 2. The van der Waals surface area contributed by atoms with Crippen molar-refractivity contribution in [2.75, 3.05) is 0 Å². The van der Waals surface area contributed by atoms with Gasteiger partial charge < -0.3 is 4.74 Å². The molecule has 0 saturated carbocycles. The fourth-order valence-corrected chi connectivity index (χ4v) is 2.87. The van der Waals surface area contributed by atoms with Crippen LogP contribution in [0.3, 0.4) is 0 Å². The fourth-order valence-electron chi connectivity index (χ4n) is 2.18. The molecule has 3 rings (SSSR count). The first kappa shape index (κ1) is 16.1. The van der Waals surface area contributed by atoms with E-state index in [4.69, 9.17) is 39.5 Å². The van der Waals surface area contributed by atoms with E-state index in [0.29, 0.717) is 27.9 Å². The van der Waals surface area contributed by atoms with Gasteiger partial charge in [0.25, 0.3) is 0 Å². The van der Waals surface area contributed by atoms with E-state index in [1.807, 2.05) is 12.1 Å². The number of hydrogen-bond donors (Lipinski definition) is 0. The van der Waals surface area contributed by atoms with Gasteiger partial charge >= 0.3 is 5.97 Å². The highest BCUT2D eigenvalue weighted by molar-refractivity contribution is 6.36. The van der Waals surface area contributed by atoms with Crippen LogP contribution in [0.1, 0.15) is 21.6 Å². The summed E-state index contributed by atoms with van der Waals surface area (Å²) in [6, 6.07) is 8.29. The summed E-state index contributed by atoms with van der Waals surface area (Å²) in [5.74, 6) is -0.256. The van der Waals surface area contributed by atoms with E-state index in [9.17, 15) is 4.79 Å². The lowest BCUT2D eigenvalue weighted by Crippen LogP contribution is -2.07. The SMILES string of the molecule is O=C(OC1=CC=C(Cl)Cc2cccnc21)c1ccc(Cl)cc1Cl. The van der Waals surface area contributed by atoms with E-state index in [-0.39, 0.29) is 10.6 Å². The van der Waals surface area contributed by atoms with Crippen LogP contribution in [0, 0.1) is 0 Å². The molecule has 0 amide bonds. The molecule has 3 nitrogen and oxygen atoms in total. The van der Waals surface area contributed by atoms with Crippen LogP contribution in [0.2, 0.25) is 10.0 Å². The Labute approximate surface area is 148 Å². The number of hydrogen-bond acceptors (Lipinski definition) is 3. The number of fused-ring (bicyclic) bond motifs is 1. The number of carbonyl (C=O) groups excluding carboxylic acids is 1. The second-order valence-corrected chi connectivity index (χ2v) is 6.18. The van der Waals surface area contributed by atoms with Crippen LogP contribution in [0.15, 0.2) is 53.7 Å². The van der Waals surface area contributed by atoms with E-state index < -0.39 is 5.97 Å². The van der Waals surface area contributed by atoms with Crippen molar-refractivity contribution in [3.8, 4) is 0 Å². The van der Waals surface area contributed by atoms with Crippen LogP contribution in [0.5, 0.6) is 0 Å². The van der Waals surface area contributed by atoms with Crippen molar-refractivity contribution in [2.45, 2.75) is 6.42 Å². The first-order chi connectivity index (χ1) is 11.0. The van der Waals surface area contributed by atoms with Crippen LogP contribution in [-0.4, -0.2) is 11.0 Å². The molecule has 0 atom stereocenters. The molecular formula is C17H10Cl3NO2. The maximum absolute atomic E-state index is 12.4. The number of halogens is 3. The molecule has 23 heavy (non-hydrogen) atoms. The Morgan fingerprint density at radius 2 is 1.96 bits per heavy atom. The Bertz CT molecular complexity index is 843. The molecule has 0 saturated heterocycles. The van der Waals surface area contributed by atoms with E-state index in [1.165, 1.54) is 12.1 Å². The molecule has 6 heteroatoms. The predicted octanol–water partition coefficient (Wildman–Crippen LogP) is 5.27. The second kappa shape index (κ2) is 6.75. The molecule has 0 spiro atoms. The lowest BCUT2D eigenvalue weighted by molar-refractivity contribution is 0.0691. The number of ether oxygens (including phenoxy) is 1. The number of allylic oxidation sites excluding steroid dienone is 3. The summed E-state index contributed by atoms with van der Waals surface area (Å²) >= 11 is 18.0. The smallest absolute Gasteiger partial charge is 0.345 e. The van der Waals surface area contributed by atoms with E-state index in [2.05, 4.69) is 4.98 Å². The minimum absolute atomic E-state index is 0.228. The van der Waals surface area contributed by atoms with Crippen molar-refractivity contribution >= 4 is 46.5 Å². The largest absolute Gasteiger partial charge is 0.421 e. The number of pyridine rings is 1. The molecule has 1 aliphatic carbocycles. The minimum Gasteiger partial charge on any atom is -0.421 e. The van der Waals surface area contributed by atoms with Gasteiger partial charge in [-0.05, 0) is 42.0 Å². The zero-order valence-corrected chi connectivity index (χ0v) is 14.0. The van der Waals surface area contributed by atoms with Crippen LogP contribution in [0.4, 0.5) is 0 Å². The summed E-state index contributed by atoms with van der Waals surface area (Å²) in [5, 5.41) is 1.31. The zero-order chi connectivity index (χ0) is 16.4. The molecule has 116 valence electrons. The van der Waals surface area contributed by atoms with Crippen LogP contribution < -0.4 is 0 Å². The summed E-state index contributed by atoms with van der Waals surface area (Å²) in [6.07, 6.45) is 5.48. The third-order valence-electron chi connectivity index (χ3n) is 3.25.